The van der Waals surface area contributed by atoms with Crippen LogP contribution in [-0.2, 0) is 20.7 Å². The third-order valence-electron chi connectivity index (χ3n) is 6.32. The molecule has 130 valence electrons. The molecular weight excluding hydrogens is 304 g/mol. The van der Waals surface area contributed by atoms with Crippen molar-refractivity contribution in [3.8, 4) is 0 Å². The molecule has 0 radical (unpaired) electrons. The molecule has 3 rings (SSSR count). The van der Waals surface area contributed by atoms with E-state index in [1.54, 1.807) is 19.3 Å². The number of carbonyl (C=O) groups excluding carboxylic acids is 2. The van der Waals surface area contributed by atoms with Gasteiger partial charge >= 0.3 is 5.97 Å². The lowest BCUT2D eigenvalue weighted by atomic mass is 9.54. The molecule has 0 bridgehead atoms. The predicted octanol–water partition coefficient (Wildman–Crippen LogP) is 4.32. The van der Waals surface area contributed by atoms with E-state index in [0.29, 0.717) is 24.3 Å². The number of rotatable bonds is 2. The zero-order valence-corrected chi connectivity index (χ0v) is 15.1. The maximum atomic E-state index is 12.6. The lowest BCUT2D eigenvalue weighted by molar-refractivity contribution is -0.169. The number of carbonyl (C=O) groups is 2. The molecule has 2 aliphatic rings. The van der Waals surface area contributed by atoms with Crippen LogP contribution >= 0.6 is 0 Å². The monoisotopic (exact) mass is 330 g/mol. The number of ketones is 1. The summed E-state index contributed by atoms with van der Waals surface area (Å²) in [5.41, 5.74) is 2.15. The van der Waals surface area contributed by atoms with Crippen molar-refractivity contribution in [1.29, 1.82) is 0 Å². The van der Waals surface area contributed by atoms with Crippen LogP contribution in [0.5, 0.6) is 0 Å². The Bertz CT molecular complexity index is 711. The highest BCUT2D eigenvalue weighted by atomic mass is 16.5. The highest BCUT2D eigenvalue weighted by Gasteiger charge is 2.57. The molecule has 0 amide bonds. The number of furan rings is 1. The molecule has 0 unspecified atom stereocenters. The van der Waals surface area contributed by atoms with Gasteiger partial charge in [-0.2, -0.15) is 0 Å². The maximum absolute atomic E-state index is 12.6. The maximum Gasteiger partial charge on any atom is 0.334 e. The van der Waals surface area contributed by atoms with E-state index in [1.165, 1.54) is 0 Å². The Morgan fingerprint density at radius 2 is 2.17 bits per heavy atom. The van der Waals surface area contributed by atoms with E-state index in [4.69, 9.17) is 9.15 Å². The Hall–Kier alpha value is -1.84. The van der Waals surface area contributed by atoms with Crippen molar-refractivity contribution in [1.82, 2.24) is 0 Å². The molecule has 4 atom stereocenters. The molecule has 0 aromatic carbocycles. The second-order valence-corrected chi connectivity index (χ2v) is 7.54. The molecule has 1 fully saturated rings. The normalized spacial score (nSPS) is 33.0. The summed E-state index contributed by atoms with van der Waals surface area (Å²) in [6.45, 7) is 9.83. The topological polar surface area (TPSA) is 56.5 Å². The summed E-state index contributed by atoms with van der Waals surface area (Å²) in [5.74, 6) is 0.892. The average molecular weight is 330 g/mol. The Kier molecular flexibility index (Phi) is 4.18. The molecule has 0 saturated heterocycles. The van der Waals surface area contributed by atoms with Crippen molar-refractivity contribution in [3.05, 3.63) is 34.8 Å². The summed E-state index contributed by atoms with van der Waals surface area (Å²) >= 11 is 0. The minimum absolute atomic E-state index is 0.150. The number of hydrogen-bond donors (Lipinski definition) is 0. The van der Waals surface area contributed by atoms with Gasteiger partial charge in [-0.15, -0.1) is 0 Å². The summed E-state index contributed by atoms with van der Waals surface area (Å²) in [7, 11) is 0. The third-order valence-corrected chi connectivity index (χ3v) is 6.32. The van der Waals surface area contributed by atoms with Crippen molar-refractivity contribution in [2.75, 3.05) is 0 Å². The molecule has 0 spiro atoms. The molecule has 4 heteroatoms. The van der Waals surface area contributed by atoms with E-state index in [1.807, 2.05) is 13.8 Å². The molecule has 0 N–H and O–H groups in total. The van der Waals surface area contributed by atoms with E-state index < -0.39 is 6.10 Å². The van der Waals surface area contributed by atoms with Gasteiger partial charge in [0.15, 0.2) is 0 Å². The van der Waals surface area contributed by atoms with Crippen LogP contribution in [0, 0.1) is 24.2 Å². The van der Waals surface area contributed by atoms with Crippen LogP contribution in [-0.4, -0.2) is 11.8 Å². The number of allylic oxidation sites excluding steroid dienone is 1. The van der Waals surface area contributed by atoms with Crippen molar-refractivity contribution in [3.63, 3.8) is 0 Å². The number of esters is 1. The Morgan fingerprint density at radius 1 is 1.46 bits per heavy atom. The second kappa shape index (κ2) is 5.91. The van der Waals surface area contributed by atoms with Gasteiger partial charge in [0.1, 0.15) is 17.6 Å². The zero-order chi connectivity index (χ0) is 17.6. The van der Waals surface area contributed by atoms with E-state index in [9.17, 15) is 9.59 Å². The first-order valence-corrected chi connectivity index (χ1v) is 8.74. The van der Waals surface area contributed by atoms with Crippen LogP contribution in [0.25, 0.3) is 0 Å². The highest BCUT2D eigenvalue weighted by molar-refractivity contribution is 5.88. The van der Waals surface area contributed by atoms with Crippen LogP contribution < -0.4 is 0 Å². The number of ether oxygens (including phenoxy) is 1. The van der Waals surface area contributed by atoms with Crippen LogP contribution in [0.15, 0.2) is 22.3 Å². The van der Waals surface area contributed by atoms with Gasteiger partial charge in [-0.25, -0.2) is 4.79 Å². The summed E-state index contributed by atoms with van der Waals surface area (Å²) < 4.78 is 11.7. The van der Waals surface area contributed by atoms with Crippen molar-refractivity contribution in [2.45, 2.75) is 60.0 Å². The van der Waals surface area contributed by atoms with E-state index in [0.717, 1.165) is 23.3 Å². The van der Waals surface area contributed by atoms with Crippen LogP contribution in [0.2, 0.25) is 0 Å². The highest BCUT2D eigenvalue weighted by Crippen LogP contribution is 2.58. The molecule has 2 aliphatic carbocycles. The predicted molar refractivity (Wildman–Crippen MR) is 90.4 cm³/mol. The number of fused-ring (bicyclic) bond motifs is 2. The fraction of sp³-hybridized carbons (Fsp3) is 0.600. The fourth-order valence-corrected chi connectivity index (χ4v) is 4.33. The zero-order valence-electron chi connectivity index (χ0n) is 15.1. The standard InChI is InChI=1S/C20H26O4/c1-6-11(2)19(22)24-18-17-12(3)10-23-16(17)9-14-15(21)8-7-13(4)20(14,18)5/h6,10,13-14,18H,7-9H2,1-5H3/b11-6+/t13-,14-,18-,20+/m0/s1. The minimum Gasteiger partial charge on any atom is -0.469 e. The Labute approximate surface area is 143 Å². The SMILES string of the molecule is C/C=C(\C)C(=O)O[C@H]1c2c(C)coc2C[C@H]2C(=O)CC[C@H](C)[C@]21C. The Morgan fingerprint density at radius 3 is 2.83 bits per heavy atom. The van der Waals surface area contributed by atoms with Gasteiger partial charge in [-0.3, -0.25) is 4.79 Å². The van der Waals surface area contributed by atoms with Crippen LogP contribution in [0.3, 0.4) is 0 Å². The largest absolute Gasteiger partial charge is 0.469 e. The molecular formula is C20H26O4. The summed E-state index contributed by atoms with van der Waals surface area (Å²) in [5, 5.41) is 0. The van der Waals surface area contributed by atoms with Crippen LogP contribution in [0.1, 0.15) is 63.5 Å². The van der Waals surface area contributed by atoms with Crippen molar-refractivity contribution in [2.24, 2.45) is 17.3 Å². The quantitative estimate of drug-likeness (QED) is 0.599. The lowest BCUT2D eigenvalue weighted by Crippen LogP contribution is -2.51. The van der Waals surface area contributed by atoms with Gasteiger partial charge in [0.25, 0.3) is 0 Å². The number of aryl methyl sites for hydroxylation is 1. The fourth-order valence-electron chi connectivity index (χ4n) is 4.33. The van der Waals surface area contributed by atoms with Crippen molar-refractivity contribution >= 4 is 11.8 Å². The van der Waals surface area contributed by atoms with Gasteiger partial charge in [-0.05, 0) is 38.7 Å². The average Bonchev–Trinajstić information content (AvgIpc) is 2.93. The smallest absolute Gasteiger partial charge is 0.334 e. The molecule has 1 heterocycles. The number of hydrogen-bond acceptors (Lipinski definition) is 4. The van der Waals surface area contributed by atoms with Gasteiger partial charge in [0.2, 0.25) is 0 Å². The Balaban J connectivity index is 2.11. The molecule has 24 heavy (non-hydrogen) atoms. The van der Waals surface area contributed by atoms with Crippen LogP contribution in [0.4, 0.5) is 0 Å². The molecule has 0 aliphatic heterocycles. The van der Waals surface area contributed by atoms with Gasteiger partial charge < -0.3 is 9.15 Å². The lowest BCUT2D eigenvalue weighted by Gasteiger charge is -2.51. The second-order valence-electron chi connectivity index (χ2n) is 7.54. The van der Waals surface area contributed by atoms with Gasteiger partial charge in [0.05, 0.1) is 6.26 Å². The molecule has 4 nitrogen and oxygen atoms in total. The van der Waals surface area contributed by atoms with Gasteiger partial charge in [-0.1, -0.05) is 19.9 Å². The summed E-state index contributed by atoms with van der Waals surface area (Å²) in [6, 6.07) is 0. The first kappa shape index (κ1) is 17.0. The first-order chi connectivity index (χ1) is 11.3. The summed E-state index contributed by atoms with van der Waals surface area (Å²) in [4.78, 5) is 25.1. The van der Waals surface area contributed by atoms with E-state index >= 15 is 0 Å². The molecule has 1 aromatic heterocycles. The van der Waals surface area contributed by atoms with E-state index in [-0.39, 0.29) is 23.1 Å². The van der Waals surface area contributed by atoms with Crippen molar-refractivity contribution < 1.29 is 18.7 Å². The number of Topliss-reactive ketones (excluding diaryl/α,β-unsaturated/α-hetero) is 1. The third kappa shape index (κ3) is 2.35. The molecule has 1 saturated carbocycles. The van der Waals surface area contributed by atoms with E-state index in [2.05, 4.69) is 13.8 Å². The van der Waals surface area contributed by atoms with Gasteiger partial charge in [0, 0.05) is 35.3 Å². The summed E-state index contributed by atoms with van der Waals surface area (Å²) in [6.07, 6.45) is 5.08. The molecule has 1 aromatic rings. The minimum atomic E-state index is -0.438. The first-order valence-electron chi connectivity index (χ1n) is 8.74.